The highest BCUT2D eigenvalue weighted by atomic mass is 16.6. The molecule has 1 aliphatic rings. The van der Waals surface area contributed by atoms with E-state index >= 15 is 0 Å². The molecule has 158 valence electrons. The first-order chi connectivity index (χ1) is 13.8. The molecule has 1 fully saturated rings. The van der Waals surface area contributed by atoms with Gasteiger partial charge in [-0.15, -0.1) is 0 Å². The SMILES string of the molecule is CCN(CC)c1ccc2c(C)c(CCOC(=O)N3CCC(C)(O)C3)c(=O)oc2c1. The van der Waals surface area contributed by atoms with Crippen molar-refractivity contribution in [3.63, 3.8) is 0 Å². The molecule has 0 radical (unpaired) electrons. The van der Waals surface area contributed by atoms with Crippen molar-refractivity contribution in [3.8, 4) is 0 Å². The third kappa shape index (κ3) is 4.56. The van der Waals surface area contributed by atoms with E-state index in [-0.39, 0.29) is 19.6 Å². The lowest BCUT2D eigenvalue weighted by Crippen LogP contribution is -2.34. The molecule has 0 aliphatic carbocycles. The van der Waals surface area contributed by atoms with Crippen LogP contribution in [0.5, 0.6) is 0 Å². The van der Waals surface area contributed by atoms with E-state index < -0.39 is 17.3 Å². The van der Waals surface area contributed by atoms with E-state index in [9.17, 15) is 14.7 Å². The molecule has 1 unspecified atom stereocenters. The number of amides is 1. The van der Waals surface area contributed by atoms with E-state index in [4.69, 9.17) is 9.15 Å². The lowest BCUT2D eigenvalue weighted by Gasteiger charge is -2.21. The molecular formula is C22H30N2O5. The number of benzene rings is 1. The molecule has 29 heavy (non-hydrogen) atoms. The first-order valence-corrected chi connectivity index (χ1v) is 10.2. The zero-order valence-corrected chi connectivity index (χ0v) is 17.7. The number of carbonyl (C=O) groups excluding carboxylic acids is 1. The Balaban J connectivity index is 1.72. The topological polar surface area (TPSA) is 83.2 Å². The summed E-state index contributed by atoms with van der Waals surface area (Å²) < 4.78 is 10.9. The van der Waals surface area contributed by atoms with E-state index in [0.29, 0.717) is 24.1 Å². The summed E-state index contributed by atoms with van der Waals surface area (Å²) in [5.74, 6) is 0. The summed E-state index contributed by atoms with van der Waals surface area (Å²) in [4.78, 5) is 28.4. The average molecular weight is 402 g/mol. The fraction of sp³-hybridized carbons (Fsp3) is 0.545. The van der Waals surface area contributed by atoms with Gasteiger partial charge in [0.05, 0.1) is 18.8 Å². The molecule has 1 saturated heterocycles. The Morgan fingerprint density at radius 2 is 2.07 bits per heavy atom. The Bertz CT molecular complexity index is 946. The minimum Gasteiger partial charge on any atom is -0.449 e. The maximum absolute atomic E-state index is 12.5. The third-order valence-corrected chi connectivity index (χ3v) is 5.69. The Labute approximate surface area is 170 Å². The quantitative estimate of drug-likeness (QED) is 0.748. The molecule has 1 aromatic heterocycles. The van der Waals surface area contributed by atoms with Crippen LogP contribution in [0, 0.1) is 6.92 Å². The molecule has 7 nitrogen and oxygen atoms in total. The fourth-order valence-electron chi connectivity index (χ4n) is 3.89. The van der Waals surface area contributed by atoms with Crippen LogP contribution in [0.25, 0.3) is 11.0 Å². The van der Waals surface area contributed by atoms with Gasteiger partial charge in [-0.2, -0.15) is 0 Å². The van der Waals surface area contributed by atoms with Gasteiger partial charge in [-0.3, -0.25) is 0 Å². The summed E-state index contributed by atoms with van der Waals surface area (Å²) in [5, 5.41) is 10.9. The van der Waals surface area contributed by atoms with Crippen LogP contribution in [0.3, 0.4) is 0 Å². The Hall–Kier alpha value is -2.54. The second-order valence-corrected chi connectivity index (χ2v) is 7.88. The highest BCUT2D eigenvalue weighted by molar-refractivity contribution is 5.84. The van der Waals surface area contributed by atoms with Gasteiger partial charge in [-0.25, -0.2) is 9.59 Å². The average Bonchev–Trinajstić information content (AvgIpc) is 3.05. The number of ether oxygens (including phenoxy) is 1. The zero-order valence-electron chi connectivity index (χ0n) is 17.7. The monoisotopic (exact) mass is 402 g/mol. The van der Waals surface area contributed by atoms with Gasteiger partial charge >= 0.3 is 11.7 Å². The molecule has 2 aromatic rings. The molecule has 3 rings (SSSR count). The van der Waals surface area contributed by atoms with Gasteiger partial charge in [-0.05, 0) is 51.8 Å². The van der Waals surface area contributed by atoms with Crippen molar-refractivity contribution >= 4 is 22.7 Å². The minimum absolute atomic E-state index is 0.0894. The molecule has 1 aromatic carbocycles. The van der Waals surface area contributed by atoms with Crippen LogP contribution in [0.1, 0.15) is 38.3 Å². The molecule has 1 amide bonds. The van der Waals surface area contributed by atoms with Crippen molar-refractivity contribution in [1.29, 1.82) is 0 Å². The van der Waals surface area contributed by atoms with Crippen LogP contribution < -0.4 is 10.5 Å². The van der Waals surface area contributed by atoms with Crippen LogP contribution in [0.2, 0.25) is 0 Å². The summed E-state index contributed by atoms with van der Waals surface area (Å²) in [6, 6.07) is 5.91. The van der Waals surface area contributed by atoms with Crippen LogP contribution in [0.4, 0.5) is 10.5 Å². The van der Waals surface area contributed by atoms with Crippen molar-refractivity contribution in [2.45, 2.75) is 46.1 Å². The predicted molar refractivity (Wildman–Crippen MR) is 113 cm³/mol. The number of carbonyl (C=O) groups is 1. The first-order valence-electron chi connectivity index (χ1n) is 10.2. The van der Waals surface area contributed by atoms with Gasteiger partial charge in [0.1, 0.15) is 5.58 Å². The summed E-state index contributed by atoms with van der Waals surface area (Å²) in [7, 11) is 0. The summed E-state index contributed by atoms with van der Waals surface area (Å²) in [5.41, 5.74) is 1.70. The molecular weight excluding hydrogens is 372 g/mol. The van der Waals surface area contributed by atoms with Crippen LogP contribution >= 0.6 is 0 Å². The molecule has 7 heteroatoms. The summed E-state index contributed by atoms with van der Waals surface area (Å²) in [6.07, 6.45) is 0.359. The maximum Gasteiger partial charge on any atom is 0.409 e. The molecule has 2 heterocycles. The number of β-amino-alcohol motifs (C(OH)–C–C–N with tert-alkyl or cyclic N) is 1. The van der Waals surface area contributed by atoms with Crippen LogP contribution in [0.15, 0.2) is 27.4 Å². The van der Waals surface area contributed by atoms with Crippen LogP contribution in [-0.2, 0) is 11.2 Å². The normalized spacial score (nSPS) is 19.0. The minimum atomic E-state index is -0.862. The van der Waals surface area contributed by atoms with E-state index in [2.05, 4.69) is 18.7 Å². The highest BCUT2D eigenvalue weighted by Gasteiger charge is 2.34. The van der Waals surface area contributed by atoms with Gasteiger partial charge in [0.25, 0.3) is 0 Å². The predicted octanol–water partition coefficient (Wildman–Crippen LogP) is 3.08. The highest BCUT2D eigenvalue weighted by Crippen LogP contribution is 2.25. The number of anilines is 1. The van der Waals surface area contributed by atoms with E-state index in [1.54, 1.807) is 6.92 Å². The lowest BCUT2D eigenvalue weighted by molar-refractivity contribution is 0.0607. The Morgan fingerprint density at radius 3 is 2.69 bits per heavy atom. The molecule has 1 aliphatic heterocycles. The van der Waals surface area contributed by atoms with Crippen LogP contribution in [-0.4, -0.2) is 54.5 Å². The molecule has 0 spiro atoms. The van der Waals surface area contributed by atoms with E-state index in [1.165, 1.54) is 4.90 Å². The number of nitrogens with zero attached hydrogens (tertiary/aromatic N) is 2. The molecule has 1 atom stereocenters. The van der Waals surface area contributed by atoms with Crippen molar-refractivity contribution in [2.75, 3.05) is 37.7 Å². The molecule has 0 saturated carbocycles. The standard InChI is InChI=1S/C22H30N2O5/c1-5-23(6-2)16-7-8-17-15(3)18(20(25)29-19(17)13-16)9-12-28-21(26)24-11-10-22(4,27)14-24/h7-8,13,27H,5-6,9-12,14H2,1-4H3. The second kappa shape index (κ2) is 8.45. The molecule has 0 bridgehead atoms. The van der Waals surface area contributed by atoms with E-state index in [1.807, 2.05) is 25.1 Å². The number of likely N-dealkylation sites (tertiary alicyclic amines) is 1. The molecule has 1 N–H and O–H groups in total. The van der Waals surface area contributed by atoms with Gasteiger partial charge in [0.15, 0.2) is 0 Å². The second-order valence-electron chi connectivity index (χ2n) is 7.88. The van der Waals surface area contributed by atoms with Crippen molar-refractivity contribution in [1.82, 2.24) is 4.90 Å². The van der Waals surface area contributed by atoms with Crippen molar-refractivity contribution in [2.24, 2.45) is 0 Å². The van der Waals surface area contributed by atoms with Gasteiger partial charge in [-0.1, -0.05) is 0 Å². The van der Waals surface area contributed by atoms with Gasteiger partial charge in [0, 0.05) is 48.8 Å². The number of hydrogen-bond donors (Lipinski definition) is 1. The van der Waals surface area contributed by atoms with Gasteiger partial charge in [0.2, 0.25) is 0 Å². The van der Waals surface area contributed by atoms with Crippen molar-refractivity contribution in [3.05, 3.63) is 39.7 Å². The zero-order chi connectivity index (χ0) is 21.2. The number of rotatable bonds is 6. The maximum atomic E-state index is 12.5. The van der Waals surface area contributed by atoms with E-state index in [0.717, 1.165) is 29.7 Å². The Morgan fingerprint density at radius 1 is 1.34 bits per heavy atom. The smallest absolute Gasteiger partial charge is 0.409 e. The fourth-order valence-corrected chi connectivity index (χ4v) is 3.89. The first kappa shape index (κ1) is 21.2. The summed E-state index contributed by atoms with van der Waals surface area (Å²) in [6.45, 7) is 10.3. The Kier molecular flexibility index (Phi) is 6.17. The largest absolute Gasteiger partial charge is 0.449 e. The number of aliphatic hydroxyl groups is 1. The third-order valence-electron chi connectivity index (χ3n) is 5.69. The lowest BCUT2D eigenvalue weighted by atomic mass is 10.0. The van der Waals surface area contributed by atoms with Gasteiger partial charge < -0.3 is 24.1 Å². The number of hydrogen-bond acceptors (Lipinski definition) is 6. The summed E-state index contributed by atoms with van der Waals surface area (Å²) >= 11 is 0. The van der Waals surface area contributed by atoms with Crippen molar-refractivity contribution < 1.29 is 19.1 Å². The number of aryl methyl sites for hydroxylation is 1. The number of fused-ring (bicyclic) bond motifs is 1.